The lowest BCUT2D eigenvalue weighted by atomic mass is 9.77. The van der Waals surface area contributed by atoms with Gasteiger partial charge in [-0.15, -0.1) is 0 Å². The fraction of sp³-hybridized carbons (Fsp3) is 0.524. The van der Waals surface area contributed by atoms with Crippen LogP contribution in [0.2, 0.25) is 0 Å². The number of hydrogen-bond acceptors (Lipinski definition) is 6. The van der Waals surface area contributed by atoms with Gasteiger partial charge in [-0.05, 0) is 48.9 Å². The molecule has 0 spiro atoms. The minimum absolute atomic E-state index is 0.260. The minimum atomic E-state index is 0.260. The summed E-state index contributed by atoms with van der Waals surface area (Å²) >= 11 is 0. The minimum Gasteiger partial charge on any atom is -0.454 e. The summed E-state index contributed by atoms with van der Waals surface area (Å²) in [5.41, 5.74) is 2.76. The van der Waals surface area contributed by atoms with Crippen LogP contribution in [0.3, 0.4) is 0 Å². The Hall–Kier alpha value is -2.34. The van der Waals surface area contributed by atoms with E-state index in [0.29, 0.717) is 6.79 Å². The molecule has 0 saturated carbocycles. The lowest BCUT2D eigenvalue weighted by Crippen LogP contribution is -2.42. The van der Waals surface area contributed by atoms with E-state index in [1.165, 1.54) is 24.0 Å². The maximum atomic E-state index is 5.54. The number of fused-ring (bicyclic) bond motifs is 1. The van der Waals surface area contributed by atoms with Gasteiger partial charge in [0.05, 0.1) is 0 Å². The Labute approximate surface area is 161 Å². The van der Waals surface area contributed by atoms with Crippen LogP contribution in [-0.2, 0) is 13.0 Å². The number of piperidine rings is 1. The molecule has 1 aromatic heterocycles. The van der Waals surface area contributed by atoms with Crippen LogP contribution in [0.1, 0.15) is 30.9 Å². The maximum absolute atomic E-state index is 5.54. The van der Waals surface area contributed by atoms with E-state index in [4.69, 9.17) is 9.47 Å². The SMILES string of the molecule is CN(C)c1ncc(CN2CCCC(C)(Cc3ccc4c(c3)OCO4)C2)cn1. The highest BCUT2D eigenvalue weighted by molar-refractivity contribution is 5.44. The van der Waals surface area contributed by atoms with E-state index >= 15 is 0 Å². The van der Waals surface area contributed by atoms with Crippen LogP contribution in [0.15, 0.2) is 30.6 Å². The first kappa shape index (κ1) is 18.0. The number of aromatic nitrogens is 2. The summed E-state index contributed by atoms with van der Waals surface area (Å²) in [6.07, 6.45) is 7.42. The average Bonchev–Trinajstić information content (AvgIpc) is 3.09. The number of anilines is 1. The van der Waals surface area contributed by atoms with Gasteiger partial charge >= 0.3 is 0 Å². The summed E-state index contributed by atoms with van der Waals surface area (Å²) in [7, 11) is 3.92. The van der Waals surface area contributed by atoms with Gasteiger partial charge in [0.2, 0.25) is 12.7 Å². The molecule has 2 aromatic rings. The molecule has 1 aromatic carbocycles. The van der Waals surface area contributed by atoms with Crippen LogP contribution >= 0.6 is 0 Å². The summed E-state index contributed by atoms with van der Waals surface area (Å²) in [6.45, 7) is 5.85. The van der Waals surface area contributed by atoms with Crippen LogP contribution in [-0.4, -0.2) is 48.8 Å². The highest BCUT2D eigenvalue weighted by Gasteiger charge is 2.31. The van der Waals surface area contributed by atoms with Crippen molar-refractivity contribution in [1.29, 1.82) is 0 Å². The lowest BCUT2D eigenvalue weighted by Gasteiger charge is -2.40. The molecule has 6 nitrogen and oxygen atoms in total. The van der Waals surface area contributed by atoms with Gasteiger partial charge in [-0.1, -0.05) is 13.0 Å². The molecule has 0 radical (unpaired) electrons. The third kappa shape index (κ3) is 4.16. The molecule has 0 bridgehead atoms. The lowest BCUT2D eigenvalue weighted by molar-refractivity contribution is 0.0968. The molecular formula is C21H28N4O2. The molecule has 1 fully saturated rings. The molecule has 0 aliphatic carbocycles. The van der Waals surface area contributed by atoms with Crippen LogP contribution in [0.5, 0.6) is 11.5 Å². The van der Waals surface area contributed by atoms with Gasteiger partial charge in [-0.25, -0.2) is 9.97 Å². The highest BCUT2D eigenvalue weighted by Crippen LogP contribution is 2.37. The standard InChI is InChI=1S/C21H28N4O2/c1-21(10-16-5-6-18-19(9-16)27-15-26-18)7-4-8-25(14-21)13-17-11-22-20(23-12-17)24(2)3/h5-6,9,11-12H,4,7-8,10,13-15H2,1-3H3. The number of hydrogen-bond donors (Lipinski definition) is 0. The zero-order valence-corrected chi connectivity index (χ0v) is 16.4. The van der Waals surface area contributed by atoms with Gasteiger partial charge in [0.1, 0.15) is 0 Å². The molecule has 2 aliphatic rings. The molecule has 1 atom stereocenters. The van der Waals surface area contributed by atoms with E-state index in [1.807, 2.05) is 37.5 Å². The Balaban J connectivity index is 1.40. The summed E-state index contributed by atoms with van der Waals surface area (Å²) in [6, 6.07) is 6.34. The Morgan fingerprint density at radius 3 is 2.67 bits per heavy atom. The Kier molecular flexibility index (Phi) is 4.91. The number of likely N-dealkylation sites (tertiary alicyclic amines) is 1. The van der Waals surface area contributed by atoms with Crippen molar-refractivity contribution < 1.29 is 9.47 Å². The molecule has 144 valence electrons. The monoisotopic (exact) mass is 368 g/mol. The fourth-order valence-electron chi connectivity index (χ4n) is 4.17. The summed E-state index contributed by atoms with van der Waals surface area (Å²) in [4.78, 5) is 13.3. The van der Waals surface area contributed by atoms with Crippen LogP contribution < -0.4 is 14.4 Å². The smallest absolute Gasteiger partial charge is 0.231 e. The van der Waals surface area contributed by atoms with E-state index < -0.39 is 0 Å². The highest BCUT2D eigenvalue weighted by atomic mass is 16.7. The summed E-state index contributed by atoms with van der Waals surface area (Å²) in [5.74, 6) is 2.49. The number of benzene rings is 1. The molecular weight excluding hydrogens is 340 g/mol. The van der Waals surface area contributed by atoms with E-state index in [2.05, 4.69) is 33.9 Å². The van der Waals surface area contributed by atoms with Gasteiger partial charge in [0.15, 0.2) is 11.5 Å². The first-order valence-corrected chi connectivity index (χ1v) is 9.60. The van der Waals surface area contributed by atoms with Gasteiger partial charge in [-0.2, -0.15) is 0 Å². The molecule has 3 heterocycles. The summed E-state index contributed by atoms with van der Waals surface area (Å²) < 4.78 is 11.0. The van der Waals surface area contributed by atoms with Crippen molar-refractivity contribution in [2.45, 2.75) is 32.7 Å². The second-order valence-corrected chi connectivity index (χ2v) is 8.27. The molecule has 4 rings (SSSR count). The first-order chi connectivity index (χ1) is 13.0. The Morgan fingerprint density at radius 1 is 1.11 bits per heavy atom. The van der Waals surface area contributed by atoms with E-state index in [-0.39, 0.29) is 5.41 Å². The fourth-order valence-corrected chi connectivity index (χ4v) is 4.17. The summed E-state index contributed by atoms with van der Waals surface area (Å²) in [5, 5.41) is 0. The van der Waals surface area contributed by atoms with Gasteiger partial charge in [-0.3, -0.25) is 4.90 Å². The molecule has 0 amide bonds. The second kappa shape index (κ2) is 7.35. The van der Waals surface area contributed by atoms with Crippen molar-refractivity contribution in [2.75, 3.05) is 38.9 Å². The molecule has 0 N–H and O–H groups in total. The zero-order chi connectivity index (χ0) is 18.9. The predicted octanol–water partition coefficient (Wildman–Crippen LogP) is 3.12. The first-order valence-electron chi connectivity index (χ1n) is 9.60. The van der Waals surface area contributed by atoms with Crippen molar-refractivity contribution in [3.63, 3.8) is 0 Å². The van der Waals surface area contributed by atoms with Crippen molar-refractivity contribution in [3.8, 4) is 11.5 Å². The van der Waals surface area contributed by atoms with E-state index in [9.17, 15) is 0 Å². The second-order valence-electron chi connectivity index (χ2n) is 8.27. The van der Waals surface area contributed by atoms with Gasteiger partial charge in [0, 0.05) is 45.1 Å². The average molecular weight is 368 g/mol. The normalized spacial score (nSPS) is 22.0. The number of nitrogens with zero attached hydrogens (tertiary/aromatic N) is 4. The molecule has 1 unspecified atom stereocenters. The van der Waals surface area contributed by atoms with Gasteiger partial charge < -0.3 is 14.4 Å². The van der Waals surface area contributed by atoms with Crippen molar-refractivity contribution in [3.05, 3.63) is 41.7 Å². The molecule has 1 saturated heterocycles. The predicted molar refractivity (Wildman–Crippen MR) is 105 cm³/mol. The number of rotatable bonds is 5. The molecule has 6 heteroatoms. The zero-order valence-electron chi connectivity index (χ0n) is 16.4. The van der Waals surface area contributed by atoms with Crippen LogP contribution in [0, 0.1) is 5.41 Å². The third-order valence-corrected chi connectivity index (χ3v) is 5.43. The van der Waals surface area contributed by atoms with Crippen molar-refractivity contribution in [1.82, 2.24) is 14.9 Å². The maximum Gasteiger partial charge on any atom is 0.231 e. The van der Waals surface area contributed by atoms with Crippen molar-refractivity contribution >= 4 is 5.95 Å². The van der Waals surface area contributed by atoms with Crippen LogP contribution in [0.4, 0.5) is 5.95 Å². The Morgan fingerprint density at radius 2 is 1.89 bits per heavy atom. The van der Waals surface area contributed by atoms with Crippen LogP contribution in [0.25, 0.3) is 0 Å². The topological polar surface area (TPSA) is 50.7 Å². The van der Waals surface area contributed by atoms with Crippen molar-refractivity contribution in [2.24, 2.45) is 5.41 Å². The quantitative estimate of drug-likeness (QED) is 0.808. The largest absolute Gasteiger partial charge is 0.454 e. The molecule has 2 aliphatic heterocycles. The Bertz CT molecular complexity index is 793. The van der Waals surface area contributed by atoms with Gasteiger partial charge in [0.25, 0.3) is 0 Å². The van der Waals surface area contributed by atoms with E-state index in [0.717, 1.165) is 43.5 Å². The number of ether oxygens (including phenoxy) is 2. The molecule has 27 heavy (non-hydrogen) atoms. The third-order valence-electron chi connectivity index (χ3n) is 5.43. The van der Waals surface area contributed by atoms with E-state index in [1.54, 1.807) is 0 Å².